The quantitative estimate of drug-likeness (QED) is 0.837. The van der Waals surface area contributed by atoms with Crippen LogP contribution in [0.15, 0.2) is 16.6 Å². The van der Waals surface area contributed by atoms with Crippen molar-refractivity contribution in [1.29, 1.82) is 0 Å². The molecule has 18 heavy (non-hydrogen) atoms. The average molecular weight is 333 g/mol. The standard InChI is InChI=1S/C12H14BrFN2OS/c13-9-5-10(14)11(15)4-8(9)12(17)16-6-7-2-1-3-18-7/h4-5,7H,1-3,6,15H2,(H,16,17). The first-order chi connectivity index (χ1) is 8.58. The SMILES string of the molecule is Nc1cc(C(=O)NCC2CCCS2)c(Br)cc1F. The number of hydrogen-bond acceptors (Lipinski definition) is 3. The molecule has 1 aromatic carbocycles. The summed E-state index contributed by atoms with van der Waals surface area (Å²) in [6.07, 6.45) is 2.34. The molecule has 0 radical (unpaired) electrons. The number of amides is 1. The molecule has 2 rings (SSSR count). The molecule has 0 saturated carbocycles. The van der Waals surface area contributed by atoms with Crippen LogP contribution in [0.25, 0.3) is 0 Å². The van der Waals surface area contributed by atoms with Crippen LogP contribution in [0, 0.1) is 5.82 Å². The van der Waals surface area contributed by atoms with Gasteiger partial charge >= 0.3 is 0 Å². The second-order valence-corrected chi connectivity index (χ2v) is 6.46. The molecule has 1 amide bonds. The van der Waals surface area contributed by atoms with Crippen molar-refractivity contribution in [2.24, 2.45) is 0 Å². The summed E-state index contributed by atoms with van der Waals surface area (Å²) in [5.41, 5.74) is 5.82. The van der Waals surface area contributed by atoms with E-state index in [1.54, 1.807) is 0 Å². The Hall–Kier alpha value is -0.750. The molecule has 0 bridgehead atoms. The third-order valence-electron chi connectivity index (χ3n) is 2.85. The van der Waals surface area contributed by atoms with Crippen molar-refractivity contribution in [1.82, 2.24) is 5.32 Å². The van der Waals surface area contributed by atoms with Crippen LogP contribution in [0.5, 0.6) is 0 Å². The van der Waals surface area contributed by atoms with Crippen LogP contribution >= 0.6 is 27.7 Å². The van der Waals surface area contributed by atoms with Gasteiger partial charge in [0.15, 0.2) is 0 Å². The fourth-order valence-electron chi connectivity index (χ4n) is 1.85. The summed E-state index contributed by atoms with van der Waals surface area (Å²) in [6, 6.07) is 2.57. The number of carbonyl (C=O) groups excluding carboxylic acids is 1. The average Bonchev–Trinajstić information content (AvgIpc) is 2.84. The Balaban J connectivity index is 2.01. The maximum Gasteiger partial charge on any atom is 0.252 e. The van der Waals surface area contributed by atoms with Gasteiger partial charge in [0.2, 0.25) is 0 Å². The van der Waals surface area contributed by atoms with Gasteiger partial charge in [0, 0.05) is 16.3 Å². The summed E-state index contributed by atoms with van der Waals surface area (Å²) >= 11 is 5.05. The van der Waals surface area contributed by atoms with Gasteiger partial charge < -0.3 is 11.1 Å². The van der Waals surface area contributed by atoms with E-state index in [0.29, 0.717) is 21.8 Å². The van der Waals surface area contributed by atoms with Crippen LogP contribution in [0.4, 0.5) is 10.1 Å². The van der Waals surface area contributed by atoms with Crippen LogP contribution < -0.4 is 11.1 Å². The number of nitrogens with one attached hydrogen (secondary N) is 1. The largest absolute Gasteiger partial charge is 0.396 e. The van der Waals surface area contributed by atoms with Crippen molar-refractivity contribution >= 4 is 39.3 Å². The Morgan fingerprint density at radius 2 is 2.39 bits per heavy atom. The summed E-state index contributed by atoms with van der Waals surface area (Å²) < 4.78 is 13.6. The van der Waals surface area contributed by atoms with E-state index in [2.05, 4.69) is 21.2 Å². The highest BCUT2D eigenvalue weighted by atomic mass is 79.9. The maximum absolute atomic E-state index is 13.2. The van der Waals surface area contributed by atoms with Gasteiger partial charge in [-0.15, -0.1) is 0 Å². The lowest BCUT2D eigenvalue weighted by atomic mass is 10.1. The summed E-state index contributed by atoms with van der Waals surface area (Å²) in [5.74, 6) is 0.416. The molecular weight excluding hydrogens is 319 g/mol. The molecule has 1 atom stereocenters. The predicted octanol–water partition coefficient (Wildman–Crippen LogP) is 2.80. The van der Waals surface area contributed by atoms with E-state index in [9.17, 15) is 9.18 Å². The summed E-state index contributed by atoms with van der Waals surface area (Å²) in [7, 11) is 0. The number of rotatable bonds is 3. The molecule has 0 aliphatic carbocycles. The number of anilines is 1. The Labute approximate surface area is 118 Å². The van der Waals surface area contributed by atoms with Crippen molar-refractivity contribution in [3.63, 3.8) is 0 Å². The van der Waals surface area contributed by atoms with E-state index in [4.69, 9.17) is 5.73 Å². The van der Waals surface area contributed by atoms with Crippen molar-refractivity contribution in [3.8, 4) is 0 Å². The zero-order valence-corrected chi connectivity index (χ0v) is 12.1. The van der Waals surface area contributed by atoms with Gasteiger partial charge in [-0.3, -0.25) is 4.79 Å². The van der Waals surface area contributed by atoms with Gasteiger partial charge in [0.05, 0.1) is 11.3 Å². The minimum Gasteiger partial charge on any atom is -0.396 e. The molecular formula is C12H14BrFN2OS. The Bertz CT molecular complexity index is 464. The fourth-order valence-corrected chi connectivity index (χ4v) is 3.54. The first-order valence-corrected chi connectivity index (χ1v) is 7.56. The van der Waals surface area contributed by atoms with E-state index >= 15 is 0 Å². The zero-order chi connectivity index (χ0) is 13.1. The molecule has 0 spiro atoms. The smallest absolute Gasteiger partial charge is 0.252 e. The molecule has 0 aromatic heterocycles. The molecule has 6 heteroatoms. The number of thioether (sulfide) groups is 1. The highest BCUT2D eigenvalue weighted by molar-refractivity contribution is 9.10. The minimum atomic E-state index is -0.523. The van der Waals surface area contributed by atoms with Crippen molar-refractivity contribution < 1.29 is 9.18 Å². The Morgan fingerprint density at radius 3 is 3.06 bits per heavy atom. The van der Waals surface area contributed by atoms with E-state index in [0.717, 1.165) is 12.2 Å². The van der Waals surface area contributed by atoms with Crippen molar-refractivity contribution in [3.05, 3.63) is 28.0 Å². The number of benzene rings is 1. The molecule has 1 aromatic rings. The van der Waals surface area contributed by atoms with Gasteiger partial charge in [-0.1, -0.05) is 0 Å². The van der Waals surface area contributed by atoms with Crippen molar-refractivity contribution in [2.75, 3.05) is 18.0 Å². The van der Waals surface area contributed by atoms with Crippen LogP contribution in [0.2, 0.25) is 0 Å². The van der Waals surface area contributed by atoms with E-state index in [1.807, 2.05) is 11.8 Å². The van der Waals surface area contributed by atoms with Crippen LogP contribution in [-0.2, 0) is 0 Å². The lowest BCUT2D eigenvalue weighted by Gasteiger charge is -2.11. The molecule has 3 N–H and O–H groups in total. The predicted molar refractivity (Wildman–Crippen MR) is 76.3 cm³/mol. The van der Waals surface area contributed by atoms with Crippen LogP contribution in [0.1, 0.15) is 23.2 Å². The molecule has 1 unspecified atom stereocenters. The minimum absolute atomic E-state index is 0.0152. The number of hydrogen-bond donors (Lipinski definition) is 2. The Morgan fingerprint density at radius 1 is 1.61 bits per heavy atom. The first-order valence-electron chi connectivity index (χ1n) is 5.72. The van der Waals surface area contributed by atoms with Gasteiger partial charge in [-0.05, 0) is 46.7 Å². The van der Waals surface area contributed by atoms with E-state index < -0.39 is 5.82 Å². The second-order valence-electron chi connectivity index (χ2n) is 4.20. The molecule has 1 saturated heterocycles. The van der Waals surface area contributed by atoms with Gasteiger partial charge in [0.25, 0.3) is 5.91 Å². The number of nitrogen functional groups attached to an aromatic ring is 1. The molecule has 1 heterocycles. The van der Waals surface area contributed by atoms with Gasteiger partial charge in [0.1, 0.15) is 5.82 Å². The lowest BCUT2D eigenvalue weighted by Crippen LogP contribution is -2.30. The molecule has 98 valence electrons. The molecule has 1 aliphatic rings. The third-order valence-corrected chi connectivity index (χ3v) is 4.90. The number of carbonyl (C=O) groups is 1. The molecule has 1 aliphatic heterocycles. The Kier molecular flexibility index (Phi) is 4.50. The lowest BCUT2D eigenvalue weighted by molar-refractivity contribution is 0.0953. The maximum atomic E-state index is 13.2. The first kappa shape index (κ1) is 13.7. The molecule has 3 nitrogen and oxygen atoms in total. The monoisotopic (exact) mass is 332 g/mol. The highest BCUT2D eigenvalue weighted by Crippen LogP contribution is 2.26. The van der Waals surface area contributed by atoms with Crippen LogP contribution in [-0.4, -0.2) is 23.5 Å². The summed E-state index contributed by atoms with van der Waals surface area (Å²) in [5, 5.41) is 3.35. The van der Waals surface area contributed by atoms with Crippen molar-refractivity contribution in [2.45, 2.75) is 18.1 Å². The van der Waals surface area contributed by atoms with Crippen LogP contribution in [0.3, 0.4) is 0 Å². The second kappa shape index (κ2) is 5.93. The topological polar surface area (TPSA) is 55.1 Å². The van der Waals surface area contributed by atoms with E-state index in [-0.39, 0.29) is 11.6 Å². The van der Waals surface area contributed by atoms with Gasteiger partial charge in [-0.25, -0.2) is 4.39 Å². The highest BCUT2D eigenvalue weighted by Gasteiger charge is 2.18. The van der Waals surface area contributed by atoms with E-state index in [1.165, 1.54) is 18.6 Å². The zero-order valence-electron chi connectivity index (χ0n) is 9.71. The normalized spacial score (nSPS) is 18.9. The molecule has 1 fully saturated rings. The number of halogens is 2. The van der Waals surface area contributed by atoms with Gasteiger partial charge in [-0.2, -0.15) is 11.8 Å². The summed E-state index contributed by atoms with van der Waals surface area (Å²) in [6.45, 7) is 0.646. The number of nitrogens with two attached hydrogens (primary N) is 1. The fraction of sp³-hybridized carbons (Fsp3) is 0.417. The summed E-state index contributed by atoms with van der Waals surface area (Å²) in [4.78, 5) is 12.0. The third kappa shape index (κ3) is 3.17.